The fourth-order valence-corrected chi connectivity index (χ4v) is 3.41. The average molecular weight is 284 g/mol. The van der Waals surface area contributed by atoms with Crippen LogP contribution in [0, 0.1) is 5.41 Å². The zero-order valence-electron chi connectivity index (χ0n) is 13.3. The molecule has 118 valence electrons. The summed E-state index contributed by atoms with van der Waals surface area (Å²) in [6.07, 6.45) is 5.26. The van der Waals surface area contributed by atoms with Crippen molar-refractivity contribution in [2.45, 2.75) is 45.6 Å². The Kier molecular flexibility index (Phi) is 6.75. The molecule has 4 heteroatoms. The molecule has 0 bridgehead atoms. The van der Waals surface area contributed by atoms with Crippen LogP contribution in [0.15, 0.2) is 0 Å². The molecule has 0 aromatic carbocycles. The van der Waals surface area contributed by atoms with Crippen LogP contribution in [-0.2, 0) is 9.47 Å². The van der Waals surface area contributed by atoms with E-state index in [0.29, 0.717) is 11.5 Å². The van der Waals surface area contributed by atoms with E-state index >= 15 is 0 Å². The molecule has 0 aromatic heterocycles. The maximum atomic E-state index is 5.95. The Morgan fingerprint density at radius 1 is 1.40 bits per heavy atom. The van der Waals surface area contributed by atoms with E-state index in [0.717, 1.165) is 52.4 Å². The fourth-order valence-electron chi connectivity index (χ4n) is 3.41. The molecule has 0 saturated carbocycles. The van der Waals surface area contributed by atoms with Crippen LogP contribution in [0.5, 0.6) is 0 Å². The van der Waals surface area contributed by atoms with E-state index in [2.05, 4.69) is 24.1 Å². The van der Waals surface area contributed by atoms with Crippen molar-refractivity contribution in [3.8, 4) is 0 Å². The van der Waals surface area contributed by atoms with Gasteiger partial charge in [-0.2, -0.15) is 0 Å². The molecule has 20 heavy (non-hydrogen) atoms. The highest BCUT2D eigenvalue weighted by Crippen LogP contribution is 2.30. The molecule has 2 atom stereocenters. The monoisotopic (exact) mass is 284 g/mol. The highest BCUT2D eigenvalue weighted by atomic mass is 16.5. The average Bonchev–Trinajstić information content (AvgIpc) is 2.92. The zero-order valence-corrected chi connectivity index (χ0v) is 13.3. The van der Waals surface area contributed by atoms with Crippen LogP contribution in [0.4, 0.5) is 0 Å². The molecule has 1 N–H and O–H groups in total. The van der Waals surface area contributed by atoms with Crippen molar-refractivity contribution < 1.29 is 9.47 Å². The van der Waals surface area contributed by atoms with Gasteiger partial charge in [-0.25, -0.2) is 0 Å². The van der Waals surface area contributed by atoms with Crippen LogP contribution in [0.2, 0.25) is 0 Å². The van der Waals surface area contributed by atoms with E-state index in [9.17, 15) is 0 Å². The van der Waals surface area contributed by atoms with Crippen LogP contribution in [0.1, 0.15) is 39.5 Å². The third kappa shape index (κ3) is 4.69. The number of rotatable bonds is 8. The van der Waals surface area contributed by atoms with E-state index in [4.69, 9.17) is 9.47 Å². The van der Waals surface area contributed by atoms with E-state index in [1.165, 1.54) is 25.8 Å². The Morgan fingerprint density at radius 3 is 3.00 bits per heavy atom. The van der Waals surface area contributed by atoms with Gasteiger partial charge in [0.15, 0.2) is 0 Å². The first-order valence-electron chi connectivity index (χ1n) is 8.40. The second-order valence-electron chi connectivity index (χ2n) is 6.45. The second kappa shape index (κ2) is 8.32. The Morgan fingerprint density at radius 2 is 2.30 bits per heavy atom. The number of nitrogens with zero attached hydrogens (tertiary/aromatic N) is 1. The molecule has 0 aliphatic carbocycles. The lowest BCUT2D eigenvalue weighted by molar-refractivity contribution is -0.0129. The molecule has 2 saturated heterocycles. The summed E-state index contributed by atoms with van der Waals surface area (Å²) in [6, 6.07) is 0. The largest absolute Gasteiger partial charge is 0.381 e. The molecule has 2 heterocycles. The van der Waals surface area contributed by atoms with Crippen LogP contribution in [0.25, 0.3) is 0 Å². The van der Waals surface area contributed by atoms with Crippen LogP contribution >= 0.6 is 0 Å². The van der Waals surface area contributed by atoms with Gasteiger partial charge >= 0.3 is 0 Å². The zero-order chi connectivity index (χ0) is 14.3. The summed E-state index contributed by atoms with van der Waals surface area (Å²) in [5.74, 6) is 0. The van der Waals surface area contributed by atoms with Crippen LogP contribution < -0.4 is 5.32 Å². The van der Waals surface area contributed by atoms with E-state index in [1.54, 1.807) is 0 Å². The van der Waals surface area contributed by atoms with Gasteiger partial charge in [0.25, 0.3) is 0 Å². The second-order valence-corrected chi connectivity index (χ2v) is 6.45. The highest BCUT2D eigenvalue weighted by Gasteiger charge is 2.37. The summed E-state index contributed by atoms with van der Waals surface area (Å²) in [5, 5.41) is 3.53. The van der Waals surface area contributed by atoms with Crippen molar-refractivity contribution in [1.29, 1.82) is 0 Å². The van der Waals surface area contributed by atoms with Gasteiger partial charge < -0.3 is 19.7 Å². The topological polar surface area (TPSA) is 33.7 Å². The standard InChI is InChI=1S/C16H32N2O2/c1-3-9-20-15-6-5-8-18(11-15)13-16(12-17-4-2)7-10-19-14-16/h15,17H,3-14H2,1-2H3. The van der Waals surface area contributed by atoms with Crippen molar-refractivity contribution in [1.82, 2.24) is 10.2 Å². The highest BCUT2D eigenvalue weighted by molar-refractivity contribution is 4.90. The molecule has 0 spiro atoms. The molecule has 2 unspecified atom stereocenters. The summed E-state index contributed by atoms with van der Waals surface area (Å²) < 4.78 is 11.6. The molecule has 2 fully saturated rings. The Labute approximate surface area is 124 Å². The summed E-state index contributed by atoms with van der Waals surface area (Å²) in [6.45, 7) is 12.7. The molecule has 0 amide bonds. The molecule has 2 aliphatic rings. The molecule has 2 rings (SSSR count). The van der Waals surface area contributed by atoms with Gasteiger partial charge in [0.2, 0.25) is 0 Å². The van der Waals surface area contributed by atoms with Crippen molar-refractivity contribution in [2.24, 2.45) is 5.41 Å². The Balaban J connectivity index is 1.83. The lowest BCUT2D eigenvalue weighted by atomic mass is 9.85. The normalized spacial score (nSPS) is 31.8. The smallest absolute Gasteiger partial charge is 0.0702 e. The molecule has 0 aromatic rings. The fraction of sp³-hybridized carbons (Fsp3) is 1.00. The van der Waals surface area contributed by atoms with Gasteiger partial charge in [-0.1, -0.05) is 13.8 Å². The van der Waals surface area contributed by atoms with Crippen LogP contribution in [0.3, 0.4) is 0 Å². The van der Waals surface area contributed by atoms with Gasteiger partial charge in [0.05, 0.1) is 12.7 Å². The maximum Gasteiger partial charge on any atom is 0.0702 e. The number of likely N-dealkylation sites (tertiary alicyclic amines) is 1. The van der Waals surface area contributed by atoms with Crippen molar-refractivity contribution in [3.63, 3.8) is 0 Å². The molecule has 4 nitrogen and oxygen atoms in total. The van der Waals surface area contributed by atoms with Gasteiger partial charge in [-0.3, -0.25) is 0 Å². The van der Waals surface area contributed by atoms with Gasteiger partial charge in [0.1, 0.15) is 0 Å². The Hall–Kier alpha value is -0.160. The van der Waals surface area contributed by atoms with E-state index in [-0.39, 0.29) is 0 Å². The number of ether oxygens (including phenoxy) is 2. The minimum Gasteiger partial charge on any atom is -0.381 e. The summed E-state index contributed by atoms with van der Waals surface area (Å²) in [7, 11) is 0. The summed E-state index contributed by atoms with van der Waals surface area (Å²) in [4.78, 5) is 2.61. The van der Waals surface area contributed by atoms with Crippen LogP contribution in [-0.4, -0.2) is 63.5 Å². The van der Waals surface area contributed by atoms with E-state index in [1.807, 2.05) is 0 Å². The number of hydrogen-bond acceptors (Lipinski definition) is 4. The summed E-state index contributed by atoms with van der Waals surface area (Å²) in [5.41, 5.74) is 0.322. The molecular formula is C16H32N2O2. The Bertz CT molecular complexity index is 267. The lowest BCUT2D eigenvalue weighted by Crippen LogP contribution is -2.49. The molecular weight excluding hydrogens is 252 g/mol. The van der Waals surface area contributed by atoms with Crippen molar-refractivity contribution in [3.05, 3.63) is 0 Å². The van der Waals surface area contributed by atoms with Gasteiger partial charge in [-0.15, -0.1) is 0 Å². The quantitative estimate of drug-likeness (QED) is 0.738. The van der Waals surface area contributed by atoms with Crippen molar-refractivity contribution >= 4 is 0 Å². The lowest BCUT2D eigenvalue weighted by Gasteiger charge is -2.39. The van der Waals surface area contributed by atoms with E-state index < -0.39 is 0 Å². The predicted molar refractivity (Wildman–Crippen MR) is 82.1 cm³/mol. The number of piperidine rings is 1. The minimum atomic E-state index is 0.322. The van der Waals surface area contributed by atoms with Gasteiger partial charge in [0, 0.05) is 38.3 Å². The third-order valence-corrected chi connectivity index (χ3v) is 4.51. The maximum absolute atomic E-state index is 5.95. The third-order valence-electron chi connectivity index (χ3n) is 4.51. The minimum absolute atomic E-state index is 0.322. The molecule has 2 aliphatic heterocycles. The van der Waals surface area contributed by atoms with Crippen molar-refractivity contribution in [2.75, 3.05) is 52.5 Å². The first kappa shape index (κ1) is 16.2. The predicted octanol–water partition coefficient (Wildman–Crippen LogP) is 1.89. The first-order chi connectivity index (χ1) is 9.78. The number of hydrogen-bond donors (Lipinski definition) is 1. The molecule has 0 radical (unpaired) electrons. The van der Waals surface area contributed by atoms with Gasteiger partial charge in [-0.05, 0) is 38.8 Å². The summed E-state index contributed by atoms with van der Waals surface area (Å²) >= 11 is 0. The SMILES string of the molecule is CCCOC1CCCN(CC2(CNCC)CCOC2)C1. The first-order valence-corrected chi connectivity index (χ1v) is 8.40. The number of nitrogens with one attached hydrogen (secondary N) is 1.